The predicted octanol–water partition coefficient (Wildman–Crippen LogP) is 3.87. The van der Waals surface area contributed by atoms with E-state index in [0.717, 1.165) is 4.90 Å². The maximum absolute atomic E-state index is 13.1. The molecule has 9 nitrogen and oxygen atoms in total. The number of rotatable bonds is 11. The zero-order valence-corrected chi connectivity index (χ0v) is 19.8. The van der Waals surface area contributed by atoms with Crippen molar-refractivity contribution in [3.8, 4) is 5.75 Å². The Hall–Kier alpha value is -3.63. The molecule has 0 unspecified atom stereocenters. The molecule has 3 aromatic rings. The Balaban J connectivity index is 1.77. The molecule has 3 rings (SSSR count). The number of hydrogen-bond donors (Lipinski definition) is 3. The highest BCUT2D eigenvalue weighted by molar-refractivity contribution is 7.98. The molecule has 0 saturated carbocycles. The third kappa shape index (κ3) is 6.93. The molecule has 0 atom stereocenters. The summed E-state index contributed by atoms with van der Waals surface area (Å²) in [5, 5.41) is 8.37. The van der Waals surface area contributed by atoms with Gasteiger partial charge in [-0.15, -0.1) is 11.8 Å². The summed E-state index contributed by atoms with van der Waals surface area (Å²) in [6, 6.07) is 11.6. The zero-order valence-electron chi connectivity index (χ0n) is 18.2. The van der Waals surface area contributed by atoms with Gasteiger partial charge in [-0.05, 0) is 55.1 Å². The molecule has 0 aliphatic heterocycles. The number of anilines is 2. The van der Waals surface area contributed by atoms with Crippen LogP contribution < -0.4 is 20.7 Å². The summed E-state index contributed by atoms with van der Waals surface area (Å²) in [6.07, 6.45) is 5.98. The Bertz CT molecular complexity index is 1160. The molecule has 0 aliphatic rings. The van der Waals surface area contributed by atoms with Crippen molar-refractivity contribution in [2.24, 2.45) is 0 Å². The van der Waals surface area contributed by atoms with Gasteiger partial charge in [0.15, 0.2) is 5.69 Å². The van der Waals surface area contributed by atoms with E-state index in [0.29, 0.717) is 48.1 Å². The topological polar surface area (TPSA) is 122 Å². The van der Waals surface area contributed by atoms with E-state index >= 15 is 0 Å². The Morgan fingerprint density at radius 1 is 1.12 bits per heavy atom. The molecule has 2 aromatic heterocycles. The molecule has 0 saturated heterocycles. The first-order chi connectivity index (χ1) is 16.5. The highest BCUT2D eigenvalue weighted by Crippen LogP contribution is 2.27. The van der Waals surface area contributed by atoms with Crippen LogP contribution in [-0.2, 0) is 4.79 Å². The van der Waals surface area contributed by atoms with E-state index in [1.54, 1.807) is 36.4 Å². The quantitative estimate of drug-likeness (QED) is 0.208. The lowest BCUT2D eigenvalue weighted by Gasteiger charge is -2.14. The molecular formula is C23H22ClN5O4S. The highest BCUT2D eigenvalue weighted by atomic mass is 35.5. The van der Waals surface area contributed by atoms with Crippen molar-refractivity contribution < 1.29 is 19.1 Å². The molecule has 34 heavy (non-hydrogen) atoms. The average molecular weight is 500 g/mol. The molecule has 176 valence electrons. The van der Waals surface area contributed by atoms with Gasteiger partial charge in [0.05, 0.1) is 22.9 Å². The van der Waals surface area contributed by atoms with E-state index < -0.39 is 11.8 Å². The fourth-order valence-electron chi connectivity index (χ4n) is 2.85. The van der Waals surface area contributed by atoms with Crippen LogP contribution in [0.3, 0.4) is 0 Å². The van der Waals surface area contributed by atoms with Crippen LogP contribution in [0.2, 0.25) is 5.02 Å². The predicted molar refractivity (Wildman–Crippen MR) is 132 cm³/mol. The summed E-state index contributed by atoms with van der Waals surface area (Å²) in [6.45, 7) is 0.775. The van der Waals surface area contributed by atoms with Crippen LogP contribution in [-0.4, -0.2) is 47.6 Å². The van der Waals surface area contributed by atoms with Crippen LogP contribution >= 0.6 is 23.4 Å². The molecule has 0 fully saturated rings. The van der Waals surface area contributed by atoms with Gasteiger partial charge in [0, 0.05) is 23.8 Å². The van der Waals surface area contributed by atoms with Gasteiger partial charge in [-0.2, -0.15) is 0 Å². The number of hydrogen-bond acceptors (Lipinski definition) is 7. The summed E-state index contributed by atoms with van der Waals surface area (Å²) in [5.41, 5.74) is 0.556. The number of pyridine rings is 2. The number of ether oxygens (including phenoxy) is 1. The lowest BCUT2D eigenvalue weighted by Crippen LogP contribution is -2.20. The van der Waals surface area contributed by atoms with Gasteiger partial charge in [0.1, 0.15) is 11.6 Å². The minimum absolute atomic E-state index is 0.0238. The second kappa shape index (κ2) is 12.6. The third-order valence-corrected chi connectivity index (χ3v) is 5.43. The van der Waals surface area contributed by atoms with Gasteiger partial charge in [0.2, 0.25) is 6.41 Å². The lowest BCUT2D eigenvalue weighted by molar-refractivity contribution is -0.109. The number of benzene rings is 1. The van der Waals surface area contributed by atoms with Crippen LogP contribution in [0.25, 0.3) is 0 Å². The molecule has 0 aliphatic carbocycles. The smallest absolute Gasteiger partial charge is 0.277 e. The number of carbonyl (C=O) groups excluding carboxylic acids is 3. The van der Waals surface area contributed by atoms with Crippen LogP contribution in [0.4, 0.5) is 11.5 Å². The highest BCUT2D eigenvalue weighted by Gasteiger charge is 2.19. The molecule has 1 aromatic carbocycles. The van der Waals surface area contributed by atoms with Crippen molar-refractivity contribution in [2.45, 2.75) is 11.3 Å². The maximum atomic E-state index is 13.1. The minimum atomic E-state index is -0.539. The van der Waals surface area contributed by atoms with Gasteiger partial charge in [0.25, 0.3) is 11.8 Å². The number of aromatic nitrogens is 2. The van der Waals surface area contributed by atoms with Crippen molar-refractivity contribution in [1.29, 1.82) is 0 Å². The van der Waals surface area contributed by atoms with Gasteiger partial charge in [-0.25, -0.2) is 9.97 Å². The van der Waals surface area contributed by atoms with E-state index in [1.807, 2.05) is 12.3 Å². The molecule has 0 spiro atoms. The summed E-state index contributed by atoms with van der Waals surface area (Å²) >= 11 is 7.34. The first-order valence-corrected chi connectivity index (χ1v) is 11.8. The van der Waals surface area contributed by atoms with Gasteiger partial charge >= 0.3 is 0 Å². The summed E-state index contributed by atoms with van der Waals surface area (Å²) in [4.78, 5) is 45.3. The molecular weight excluding hydrogens is 478 g/mol. The Kier molecular flexibility index (Phi) is 9.24. The second-order valence-electron chi connectivity index (χ2n) is 6.81. The Labute approximate surface area is 205 Å². The van der Waals surface area contributed by atoms with Crippen LogP contribution in [0.15, 0.2) is 59.8 Å². The van der Waals surface area contributed by atoms with E-state index in [9.17, 15) is 14.4 Å². The third-order valence-electron chi connectivity index (χ3n) is 4.48. The molecule has 2 heterocycles. The van der Waals surface area contributed by atoms with Gasteiger partial charge in [-0.1, -0.05) is 11.6 Å². The summed E-state index contributed by atoms with van der Waals surface area (Å²) in [5.74, 6) is -0.302. The number of nitrogens with one attached hydrogen (secondary N) is 3. The van der Waals surface area contributed by atoms with Crippen LogP contribution in [0, 0.1) is 0 Å². The zero-order chi connectivity index (χ0) is 24.3. The second-order valence-corrected chi connectivity index (χ2v) is 8.12. The number of thioether (sulfide) groups is 1. The van der Waals surface area contributed by atoms with Crippen molar-refractivity contribution in [1.82, 2.24) is 15.3 Å². The normalized spacial score (nSPS) is 10.3. The molecule has 3 amide bonds. The number of amides is 3. The largest absolute Gasteiger partial charge is 0.493 e. The number of carbonyl (C=O) groups is 3. The molecule has 3 N–H and O–H groups in total. The van der Waals surface area contributed by atoms with Gasteiger partial charge in [-0.3, -0.25) is 14.4 Å². The maximum Gasteiger partial charge on any atom is 0.277 e. The SMILES string of the molecule is CSc1ccc(C(=O)Nc2cccnc2C(=O)Nc2ccc(Cl)cn2)c(OCCCNC=O)c1. The van der Waals surface area contributed by atoms with Gasteiger partial charge < -0.3 is 20.7 Å². The standard InChI is InChI=1S/C23H22ClN5O4S/c1-34-16-6-7-17(19(12-16)33-11-3-9-25-14-30)22(31)28-18-4-2-10-26-21(18)23(32)29-20-8-5-15(24)13-27-20/h2,4-8,10,12-14H,3,9,11H2,1H3,(H,25,30)(H,28,31)(H,27,29,32). The Morgan fingerprint density at radius 2 is 1.97 bits per heavy atom. The number of halogens is 1. The Morgan fingerprint density at radius 3 is 2.71 bits per heavy atom. The molecule has 11 heteroatoms. The summed E-state index contributed by atoms with van der Waals surface area (Å²) in [7, 11) is 0. The van der Waals surface area contributed by atoms with E-state index in [4.69, 9.17) is 16.3 Å². The first-order valence-electron chi connectivity index (χ1n) is 10.2. The monoisotopic (exact) mass is 499 g/mol. The minimum Gasteiger partial charge on any atom is -0.493 e. The first kappa shape index (κ1) is 25.0. The fraction of sp³-hybridized carbons (Fsp3) is 0.174. The molecule has 0 radical (unpaired) electrons. The fourth-order valence-corrected chi connectivity index (χ4v) is 3.39. The lowest BCUT2D eigenvalue weighted by atomic mass is 10.1. The van der Waals surface area contributed by atoms with E-state index in [1.165, 1.54) is 24.2 Å². The number of nitrogens with zero attached hydrogens (tertiary/aromatic N) is 2. The summed E-state index contributed by atoms with van der Waals surface area (Å²) < 4.78 is 5.81. The van der Waals surface area contributed by atoms with Crippen molar-refractivity contribution >= 4 is 53.1 Å². The van der Waals surface area contributed by atoms with Crippen molar-refractivity contribution in [2.75, 3.05) is 30.0 Å². The van der Waals surface area contributed by atoms with Crippen molar-refractivity contribution in [3.63, 3.8) is 0 Å². The van der Waals surface area contributed by atoms with E-state index in [-0.39, 0.29) is 11.4 Å². The van der Waals surface area contributed by atoms with Crippen molar-refractivity contribution in [3.05, 3.63) is 71.1 Å². The van der Waals surface area contributed by atoms with Crippen LogP contribution in [0.1, 0.15) is 27.3 Å². The molecule has 0 bridgehead atoms. The van der Waals surface area contributed by atoms with Crippen LogP contribution in [0.5, 0.6) is 5.75 Å². The average Bonchev–Trinajstić information content (AvgIpc) is 2.85. The van der Waals surface area contributed by atoms with E-state index in [2.05, 4.69) is 25.9 Å².